The van der Waals surface area contributed by atoms with Gasteiger partial charge in [-0.1, -0.05) is 30.3 Å². The van der Waals surface area contributed by atoms with Gasteiger partial charge in [-0.05, 0) is 31.0 Å². The van der Waals surface area contributed by atoms with Crippen LogP contribution in [-0.4, -0.2) is 32.4 Å². The van der Waals surface area contributed by atoms with Gasteiger partial charge in [-0.25, -0.2) is 13.1 Å². The fourth-order valence-electron chi connectivity index (χ4n) is 2.75. The zero-order valence-electron chi connectivity index (χ0n) is 12.5. The first-order valence-electron chi connectivity index (χ1n) is 7.38. The molecule has 2 aromatic rings. The Morgan fingerprint density at radius 3 is 2.68 bits per heavy atom. The van der Waals surface area contributed by atoms with Crippen LogP contribution >= 0.6 is 11.3 Å². The highest BCUT2D eigenvalue weighted by molar-refractivity contribution is 7.91. The van der Waals surface area contributed by atoms with Crippen LogP contribution in [0.25, 0.3) is 0 Å². The van der Waals surface area contributed by atoms with Crippen LogP contribution in [0, 0.1) is 6.92 Å². The molecule has 6 heteroatoms. The Kier molecular flexibility index (Phi) is 4.63. The van der Waals surface area contributed by atoms with E-state index >= 15 is 0 Å². The Labute approximate surface area is 135 Å². The molecule has 22 heavy (non-hydrogen) atoms. The van der Waals surface area contributed by atoms with Crippen LogP contribution in [0.5, 0.6) is 0 Å². The average molecular weight is 336 g/mol. The monoisotopic (exact) mass is 336 g/mol. The number of sulfonamides is 1. The minimum Gasteiger partial charge on any atom is -0.297 e. The second-order valence-electron chi connectivity index (χ2n) is 5.69. The molecular weight excluding hydrogens is 316 g/mol. The summed E-state index contributed by atoms with van der Waals surface area (Å²) in [4.78, 5) is 3.31. The molecule has 1 aromatic heterocycles. The highest BCUT2D eigenvalue weighted by atomic mass is 32.2. The molecular formula is C16H20N2O2S2. The lowest BCUT2D eigenvalue weighted by molar-refractivity contribution is 0.324. The number of nitrogens with one attached hydrogen (secondary N) is 1. The van der Waals surface area contributed by atoms with Crippen molar-refractivity contribution < 1.29 is 8.42 Å². The van der Waals surface area contributed by atoms with E-state index in [1.807, 2.05) is 31.2 Å². The van der Waals surface area contributed by atoms with Crippen LogP contribution in [-0.2, 0) is 16.6 Å². The molecule has 1 N–H and O–H groups in total. The molecule has 0 aliphatic carbocycles. The largest absolute Gasteiger partial charge is 0.297 e. The number of thiophene rings is 1. The number of hydrogen-bond acceptors (Lipinski definition) is 4. The number of likely N-dealkylation sites (tertiary alicyclic amines) is 1. The summed E-state index contributed by atoms with van der Waals surface area (Å²) in [6.07, 6.45) is 0.858. The summed E-state index contributed by atoms with van der Waals surface area (Å²) in [6, 6.07) is 13.8. The fraction of sp³-hybridized carbons (Fsp3) is 0.375. The lowest BCUT2D eigenvalue weighted by Gasteiger charge is -2.16. The van der Waals surface area contributed by atoms with Crippen molar-refractivity contribution in [3.63, 3.8) is 0 Å². The Hall–Kier alpha value is -1.21. The summed E-state index contributed by atoms with van der Waals surface area (Å²) in [5, 5.41) is 0. The van der Waals surface area contributed by atoms with Crippen molar-refractivity contribution >= 4 is 21.4 Å². The molecule has 0 saturated carbocycles. The summed E-state index contributed by atoms with van der Waals surface area (Å²) in [5.74, 6) is 0. The second-order valence-corrected chi connectivity index (χ2v) is 8.92. The van der Waals surface area contributed by atoms with Gasteiger partial charge < -0.3 is 0 Å². The van der Waals surface area contributed by atoms with E-state index in [0.29, 0.717) is 4.21 Å². The van der Waals surface area contributed by atoms with Gasteiger partial charge in [-0.3, -0.25) is 4.90 Å². The SMILES string of the molecule is Cc1ccc(S(=O)(=O)N[C@@H]2CCN(Cc3ccccc3)C2)s1. The molecule has 1 fully saturated rings. The van der Waals surface area contributed by atoms with Gasteiger partial charge in [0.2, 0.25) is 10.0 Å². The Bertz CT molecular complexity index is 726. The van der Waals surface area contributed by atoms with Gasteiger partial charge in [0.25, 0.3) is 0 Å². The zero-order valence-corrected chi connectivity index (χ0v) is 14.2. The van der Waals surface area contributed by atoms with Gasteiger partial charge in [0.05, 0.1) is 0 Å². The van der Waals surface area contributed by atoms with Gasteiger partial charge in [0, 0.05) is 30.6 Å². The molecule has 118 valence electrons. The highest BCUT2D eigenvalue weighted by Gasteiger charge is 2.27. The van der Waals surface area contributed by atoms with E-state index in [0.717, 1.165) is 30.9 Å². The van der Waals surface area contributed by atoms with E-state index < -0.39 is 10.0 Å². The normalized spacial score (nSPS) is 19.6. The Morgan fingerprint density at radius 2 is 2.00 bits per heavy atom. The van der Waals surface area contributed by atoms with Crippen LogP contribution in [0.1, 0.15) is 16.9 Å². The van der Waals surface area contributed by atoms with Gasteiger partial charge in [0.15, 0.2) is 0 Å². The molecule has 0 bridgehead atoms. The van der Waals surface area contributed by atoms with E-state index in [1.54, 1.807) is 6.07 Å². The van der Waals surface area contributed by atoms with Crippen molar-refractivity contribution in [2.45, 2.75) is 30.1 Å². The summed E-state index contributed by atoms with van der Waals surface area (Å²) >= 11 is 1.32. The summed E-state index contributed by atoms with van der Waals surface area (Å²) in [6.45, 7) is 4.47. The molecule has 0 spiro atoms. The Balaban J connectivity index is 1.59. The smallest absolute Gasteiger partial charge is 0.250 e. The third-order valence-electron chi connectivity index (χ3n) is 3.82. The van der Waals surface area contributed by atoms with E-state index in [9.17, 15) is 8.42 Å². The maximum absolute atomic E-state index is 12.3. The number of aryl methyl sites for hydroxylation is 1. The van der Waals surface area contributed by atoms with Crippen molar-refractivity contribution in [2.75, 3.05) is 13.1 Å². The van der Waals surface area contributed by atoms with Crippen molar-refractivity contribution in [3.8, 4) is 0 Å². The molecule has 0 unspecified atom stereocenters. The lowest BCUT2D eigenvalue weighted by Crippen LogP contribution is -2.36. The van der Waals surface area contributed by atoms with Gasteiger partial charge in [-0.15, -0.1) is 11.3 Å². The third-order valence-corrected chi connectivity index (χ3v) is 6.84. The first-order valence-corrected chi connectivity index (χ1v) is 9.68. The first kappa shape index (κ1) is 15.7. The van der Waals surface area contributed by atoms with Crippen molar-refractivity contribution in [1.29, 1.82) is 0 Å². The molecule has 1 aromatic carbocycles. The number of hydrogen-bond donors (Lipinski definition) is 1. The van der Waals surface area contributed by atoms with Crippen molar-refractivity contribution in [3.05, 3.63) is 52.9 Å². The lowest BCUT2D eigenvalue weighted by atomic mass is 10.2. The van der Waals surface area contributed by atoms with Gasteiger partial charge >= 0.3 is 0 Å². The standard InChI is InChI=1S/C16H20N2O2S2/c1-13-7-8-16(21-13)22(19,20)17-15-9-10-18(12-15)11-14-5-3-2-4-6-14/h2-8,15,17H,9-12H2,1H3/t15-/m1/s1. The third kappa shape index (κ3) is 3.76. The van der Waals surface area contributed by atoms with Crippen LogP contribution in [0.3, 0.4) is 0 Å². The van der Waals surface area contributed by atoms with E-state index in [4.69, 9.17) is 0 Å². The minimum atomic E-state index is -3.38. The van der Waals surface area contributed by atoms with Crippen molar-refractivity contribution in [1.82, 2.24) is 9.62 Å². The van der Waals surface area contributed by atoms with Gasteiger partial charge in [0.1, 0.15) is 4.21 Å². The predicted octanol–water partition coefficient (Wildman–Crippen LogP) is 2.61. The fourth-order valence-corrected chi connectivity index (χ4v) is 5.31. The number of nitrogens with zero attached hydrogens (tertiary/aromatic N) is 1. The molecule has 4 nitrogen and oxygen atoms in total. The van der Waals surface area contributed by atoms with Crippen LogP contribution in [0.15, 0.2) is 46.7 Å². The van der Waals surface area contributed by atoms with Crippen molar-refractivity contribution in [2.24, 2.45) is 0 Å². The summed E-state index contributed by atoms with van der Waals surface area (Å²) in [5.41, 5.74) is 1.26. The topological polar surface area (TPSA) is 49.4 Å². The molecule has 1 aliphatic heterocycles. The summed E-state index contributed by atoms with van der Waals surface area (Å²) in [7, 11) is -3.38. The quantitative estimate of drug-likeness (QED) is 0.913. The molecule has 2 heterocycles. The van der Waals surface area contributed by atoms with E-state index in [-0.39, 0.29) is 6.04 Å². The maximum atomic E-state index is 12.3. The second kappa shape index (κ2) is 6.50. The van der Waals surface area contributed by atoms with Crippen LogP contribution < -0.4 is 4.72 Å². The molecule has 0 amide bonds. The first-order chi connectivity index (χ1) is 10.5. The number of rotatable bonds is 5. The van der Waals surface area contributed by atoms with E-state index in [2.05, 4.69) is 21.8 Å². The van der Waals surface area contributed by atoms with Crippen LogP contribution in [0.4, 0.5) is 0 Å². The summed E-state index contributed by atoms with van der Waals surface area (Å²) < 4.78 is 27.9. The highest BCUT2D eigenvalue weighted by Crippen LogP contribution is 2.22. The molecule has 1 aliphatic rings. The predicted molar refractivity (Wildman–Crippen MR) is 89.5 cm³/mol. The van der Waals surface area contributed by atoms with E-state index in [1.165, 1.54) is 16.9 Å². The molecule has 0 radical (unpaired) electrons. The van der Waals surface area contributed by atoms with Gasteiger partial charge in [-0.2, -0.15) is 0 Å². The molecule has 3 rings (SSSR count). The number of benzene rings is 1. The minimum absolute atomic E-state index is 0.00359. The molecule has 1 saturated heterocycles. The average Bonchev–Trinajstić information content (AvgIpc) is 3.09. The Morgan fingerprint density at radius 1 is 1.23 bits per heavy atom. The van der Waals surface area contributed by atoms with Crippen LogP contribution in [0.2, 0.25) is 0 Å². The maximum Gasteiger partial charge on any atom is 0.250 e. The zero-order chi connectivity index (χ0) is 15.6. The molecule has 1 atom stereocenters.